The summed E-state index contributed by atoms with van der Waals surface area (Å²) in [6.07, 6.45) is 17.6. The van der Waals surface area contributed by atoms with Crippen molar-refractivity contribution >= 4 is 22.9 Å². The molecule has 0 amide bonds. The molecule has 31 heavy (non-hydrogen) atoms. The Kier molecular flexibility index (Phi) is 15.9. The van der Waals surface area contributed by atoms with E-state index in [1.807, 2.05) is 0 Å². The van der Waals surface area contributed by atoms with E-state index in [2.05, 4.69) is 39.1 Å². The Morgan fingerprint density at radius 2 is 1.13 bits per heavy atom. The van der Waals surface area contributed by atoms with Gasteiger partial charge in [0.1, 0.15) is 11.6 Å². The first kappa shape index (κ1) is 28.1. The van der Waals surface area contributed by atoms with Crippen LogP contribution in [0.15, 0.2) is 11.4 Å². The van der Waals surface area contributed by atoms with Gasteiger partial charge in [0.05, 0.1) is 5.92 Å². The molecular formula is C28H48O2S. The maximum Gasteiger partial charge on any atom is 0.141 e. The minimum absolute atomic E-state index is 0.0264. The van der Waals surface area contributed by atoms with Crippen molar-refractivity contribution in [2.24, 2.45) is 0 Å². The van der Waals surface area contributed by atoms with Crippen molar-refractivity contribution in [1.29, 1.82) is 0 Å². The van der Waals surface area contributed by atoms with Gasteiger partial charge in [-0.05, 0) is 42.7 Å². The predicted octanol–water partition coefficient (Wildman–Crippen LogP) is 9.37. The lowest BCUT2D eigenvalue weighted by Gasteiger charge is -2.19. The molecule has 0 bridgehead atoms. The Hall–Kier alpha value is -0.960. The van der Waals surface area contributed by atoms with Crippen molar-refractivity contribution in [3.05, 3.63) is 21.9 Å². The topological polar surface area (TPSA) is 34.1 Å². The number of carbonyl (C=O) groups is 2. The van der Waals surface area contributed by atoms with Gasteiger partial charge in [0.25, 0.3) is 0 Å². The Morgan fingerprint density at radius 1 is 0.677 bits per heavy atom. The summed E-state index contributed by atoms with van der Waals surface area (Å²) >= 11 is 1.69. The molecule has 0 N–H and O–H groups in total. The quantitative estimate of drug-likeness (QED) is 0.186. The molecule has 0 radical (unpaired) electrons. The van der Waals surface area contributed by atoms with Crippen LogP contribution in [0.4, 0.5) is 0 Å². The maximum absolute atomic E-state index is 13.0. The van der Waals surface area contributed by atoms with E-state index in [-0.39, 0.29) is 11.8 Å². The van der Waals surface area contributed by atoms with Crippen LogP contribution in [0.1, 0.15) is 153 Å². The van der Waals surface area contributed by atoms with Crippen LogP contribution in [0, 0.1) is 0 Å². The first-order valence-electron chi connectivity index (χ1n) is 13.2. The maximum atomic E-state index is 13.0. The molecular weight excluding hydrogens is 400 g/mol. The number of thiophene rings is 1. The second-order valence-corrected chi connectivity index (χ2v) is 10.1. The zero-order valence-corrected chi connectivity index (χ0v) is 21.7. The number of hydrogen-bond acceptors (Lipinski definition) is 3. The monoisotopic (exact) mass is 448 g/mol. The highest BCUT2D eigenvalue weighted by Gasteiger charge is 2.28. The molecule has 1 aromatic rings. The fourth-order valence-corrected chi connectivity index (χ4v) is 5.76. The first-order valence-corrected chi connectivity index (χ1v) is 14.1. The molecule has 2 nitrogen and oxygen atoms in total. The van der Waals surface area contributed by atoms with Gasteiger partial charge >= 0.3 is 0 Å². The highest BCUT2D eigenvalue weighted by atomic mass is 32.1. The number of ketones is 2. The third kappa shape index (κ3) is 10.5. The SMILES string of the molecule is CCCCCCCCC(=O)C(CC)c1ccsc1C(CC)C(=O)CCCCCCCC. The Labute approximate surface area is 196 Å². The molecule has 0 saturated carbocycles. The second-order valence-electron chi connectivity index (χ2n) is 9.13. The number of unbranched alkanes of at least 4 members (excludes halogenated alkanes) is 10. The molecule has 0 aliphatic rings. The van der Waals surface area contributed by atoms with E-state index in [0.717, 1.165) is 44.1 Å². The highest BCUT2D eigenvalue weighted by Crippen LogP contribution is 2.37. The van der Waals surface area contributed by atoms with Gasteiger partial charge in [0.15, 0.2) is 0 Å². The van der Waals surface area contributed by atoms with Crippen LogP contribution < -0.4 is 0 Å². The lowest BCUT2D eigenvalue weighted by Crippen LogP contribution is -2.17. The standard InChI is InChI=1S/C28H48O2S/c1-5-9-11-13-15-17-19-26(29)23(7-3)25-21-22-31-28(25)24(8-4)27(30)20-18-16-14-12-10-6-2/h21-24H,5-20H2,1-4H3. The van der Waals surface area contributed by atoms with Crippen LogP contribution in [0.25, 0.3) is 0 Å². The van der Waals surface area contributed by atoms with E-state index >= 15 is 0 Å². The van der Waals surface area contributed by atoms with Gasteiger partial charge in [0.2, 0.25) is 0 Å². The summed E-state index contributed by atoms with van der Waals surface area (Å²) in [7, 11) is 0. The lowest BCUT2D eigenvalue weighted by atomic mass is 9.85. The van der Waals surface area contributed by atoms with Crippen LogP contribution in [0.5, 0.6) is 0 Å². The van der Waals surface area contributed by atoms with Crippen molar-refractivity contribution < 1.29 is 9.59 Å². The minimum atomic E-state index is -0.0345. The predicted molar refractivity (Wildman–Crippen MR) is 136 cm³/mol. The van der Waals surface area contributed by atoms with E-state index in [4.69, 9.17) is 0 Å². The summed E-state index contributed by atoms with van der Waals surface area (Å²) < 4.78 is 0. The highest BCUT2D eigenvalue weighted by molar-refractivity contribution is 7.10. The van der Waals surface area contributed by atoms with Gasteiger partial charge in [0, 0.05) is 23.6 Å². The van der Waals surface area contributed by atoms with Crippen molar-refractivity contribution in [3.8, 4) is 0 Å². The van der Waals surface area contributed by atoms with Gasteiger partial charge in [-0.1, -0.05) is 91.9 Å². The molecule has 0 aromatic carbocycles. The summed E-state index contributed by atoms with van der Waals surface area (Å²) in [5.41, 5.74) is 1.15. The molecule has 1 rings (SSSR count). The average molecular weight is 449 g/mol. The smallest absolute Gasteiger partial charge is 0.141 e. The lowest BCUT2D eigenvalue weighted by molar-refractivity contribution is -0.122. The zero-order chi connectivity index (χ0) is 22.9. The normalized spacial score (nSPS) is 13.3. The van der Waals surface area contributed by atoms with Gasteiger partial charge in [-0.25, -0.2) is 0 Å². The summed E-state index contributed by atoms with van der Waals surface area (Å²) in [5.74, 6) is 0.685. The van der Waals surface area contributed by atoms with Crippen molar-refractivity contribution in [1.82, 2.24) is 0 Å². The van der Waals surface area contributed by atoms with E-state index in [1.165, 1.54) is 56.2 Å². The third-order valence-corrected chi connectivity index (χ3v) is 7.61. The molecule has 0 aliphatic heterocycles. The van der Waals surface area contributed by atoms with Crippen LogP contribution in [-0.4, -0.2) is 11.6 Å². The summed E-state index contributed by atoms with van der Waals surface area (Å²) in [4.78, 5) is 27.2. The Bertz CT molecular complexity index is 553. The fraction of sp³-hybridized carbons (Fsp3) is 0.786. The molecule has 1 aromatic heterocycles. The van der Waals surface area contributed by atoms with Gasteiger partial charge in [-0.2, -0.15) is 0 Å². The van der Waals surface area contributed by atoms with Crippen molar-refractivity contribution in [2.75, 3.05) is 0 Å². The number of hydrogen-bond donors (Lipinski definition) is 0. The summed E-state index contributed by atoms with van der Waals surface area (Å²) in [6, 6.07) is 2.12. The van der Waals surface area contributed by atoms with Crippen molar-refractivity contribution in [3.63, 3.8) is 0 Å². The third-order valence-electron chi connectivity index (χ3n) is 6.57. The fourth-order valence-electron chi connectivity index (χ4n) is 4.59. The van der Waals surface area contributed by atoms with Crippen LogP contribution in [-0.2, 0) is 9.59 Å². The van der Waals surface area contributed by atoms with Crippen molar-refractivity contribution in [2.45, 2.75) is 142 Å². The molecule has 178 valence electrons. The summed E-state index contributed by atoms with van der Waals surface area (Å²) in [6.45, 7) is 8.70. The molecule has 0 saturated heterocycles. The molecule has 2 unspecified atom stereocenters. The van der Waals surface area contributed by atoms with Gasteiger partial charge < -0.3 is 0 Å². The second kappa shape index (κ2) is 17.6. The van der Waals surface area contributed by atoms with E-state index in [9.17, 15) is 9.59 Å². The molecule has 0 fully saturated rings. The first-order chi connectivity index (χ1) is 15.1. The van der Waals surface area contributed by atoms with Gasteiger partial charge in [-0.15, -0.1) is 11.3 Å². The largest absolute Gasteiger partial charge is 0.299 e. The minimum Gasteiger partial charge on any atom is -0.299 e. The van der Waals surface area contributed by atoms with Crippen LogP contribution in [0.3, 0.4) is 0 Å². The molecule has 2 atom stereocenters. The van der Waals surface area contributed by atoms with Crippen LogP contribution in [0.2, 0.25) is 0 Å². The number of rotatable bonds is 20. The van der Waals surface area contributed by atoms with E-state index < -0.39 is 0 Å². The number of Topliss-reactive ketones (excluding diaryl/α,β-unsaturated/α-hetero) is 2. The van der Waals surface area contributed by atoms with E-state index in [0.29, 0.717) is 24.4 Å². The van der Waals surface area contributed by atoms with Gasteiger partial charge in [-0.3, -0.25) is 9.59 Å². The Balaban J connectivity index is 2.64. The average Bonchev–Trinajstić information content (AvgIpc) is 3.23. The number of carbonyl (C=O) groups excluding carboxylic acids is 2. The molecule has 3 heteroatoms. The van der Waals surface area contributed by atoms with Crippen LogP contribution >= 0.6 is 11.3 Å². The Morgan fingerprint density at radius 3 is 1.61 bits per heavy atom. The molecule has 0 spiro atoms. The van der Waals surface area contributed by atoms with E-state index in [1.54, 1.807) is 11.3 Å². The molecule has 0 aliphatic carbocycles. The molecule has 1 heterocycles. The zero-order valence-electron chi connectivity index (χ0n) is 20.8. The summed E-state index contributed by atoms with van der Waals surface area (Å²) in [5, 5.41) is 2.09.